The summed E-state index contributed by atoms with van der Waals surface area (Å²) < 4.78 is 28.6. The molecule has 0 bridgehead atoms. The number of aromatic amines is 1. The van der Waals surface area contributed by atoms with Gasteiger partial charge in [0, 0.05) is 25.3 Å². The molecule has 2 aromatic rings. The zero-order valence-corrected chi connectivity index (χ0v) is 16.6. The van der Waals surface area contributed by atoms with Gasteiger partial charge in [0.2, 0.25) is 11.1 Å². The van der Waals surface area contributed by atoms with Crippen LogP contribution in [0.15, 0.2) is 35.5 Å². The van der Waals surface area contributed by atoms with E-state index in [0.717, 1.165) is 5.56 Å². The first kappa shape index (κ1) is 19.8. The fraction of sp³-hybridized carbons (Fsp3) is 0.471. The maximum atomic E-state index is 12.7. The van der Waals surface area contributed by atoms with Crippen molar-refractivity contribution >= 4 is 27.5 Å². The van der Waals surface area contributed by atoms with Gasteiger partial charge < -0.3 is 9.64 Å². The maximum Gasteiger partial charge on any atom is 0.233 e. The minimum atomic E-state index is -3.06. The molecule has 1 aliphatic rings. The smallest absolute Gasteiger partial charge is 0.233 e. The topological polar surface area (TPSA) is 105 Å². The standard InChI is InChI=1S/C17H22N4O4S2/c1-25-9-8-21(14-7-10-27(23,24)12-14)15(22)11-26-17-18-16(19-20-17)13-5-3-2-4-6-13/h2-6,14H,7-12H2,1H3,(H,18,19,20)/t14-/m0/s1. The molecule has 27 heavy (non-hydrogen) atoms. The molecule has 3 rings (SSSR count). The largest absolute Gasteiger partial charge is 0.383 e. The summed E-state index contributed by atoms with van der Waals surface area (Å²) in [5, 5.41) is 7.49. The molecule has 1 aromatic carbocycles. The van der Waals surface area contributed by atoms with Gasteiger partial charge >= 0.3 is 0 Å². The number of thioether (sulfide) groups is 1. The Kier molecular flexibility index (Phi) is 6.51. The number of nitrogens with one attached hydrogen (secondary N) is 1. The van der Waals surface area contributed by atoms with Crippen LogP contribution >= 0.6 is 11.8 Å². The lowest BCUT2D eigenvalue weighted by Crippen LogP contribution is -2.44. The molecule has 1 saturated heterocycles. The van der Waals surface area contributed by atoms with E-state index in [0.29, 0.717) is 30.6 Å². The number of H-pyrrole nitrogens is 1. The van der Waals surface area contributed by atoms with E-state index in [4.69, 9.17) is 4.74 Å². The number of aromatic nitrogens is 3. The Morgan fingerprint density at radius 3 is 2.81 bits per heavy atom. The van der Waals surface area contributed by atoms with Crippen molar-refractivity contribution in [3.05, 3.63) is 30.3 Å². The van der Waals surface area contributed by atoms with Crippen molar-refractivity contribution < 1.29 is 17.9 Å². The lowest BCUT2D eigenvalue weighted by atomic mass is 10.2. The average Bonchev–Trinajstić information content (AvgIpc) is 3.27. The van der Waals surface area contributed by atoms with E-state index in [2.05, 4.69) is 15.2 Å². The van der Waals surface area contributed by atoms with Crippen LogP contribution in [-0.2, 0) is 19.4 Å². The highest BCUT2D eigenvalue weighted by Gasteiger charge is 2.34. The van der Waals surface area contributed by atoms with E-state index >= 15 is 0 Å². The molecule has 146 valence electrons. The van der Waals surface area contributed by atoms with E-state index in [-0.39, 0.29) is 29.2 Å². The summed E-state index contributed by atoms with van der Waals surface area (Å²) in [4.78, 5) is 18.7. The number of sulfone groups is 1. The highest BCUT2D eigenvalue weighted by molar-refractivity contribution is 7.99. The molecule has 0 radical (unpaired) electrons. The monoisotopic (exact) mass is 410 g/mol. The number of carbonyl (C=O) groups is 1. The third kappa shape index (κ3) is 5.30. The van der Waals surface area contributed by atoms with Gasteiger partial charge in [0.25, 0.3) is 0 Å². The van der Waals surface area contributed by atoms with Gasteiger partial charge in [-0.25, -0.2) is 13.4 Å². The van der Waals surface area contributed by atoms with E-state index in [1.807, 2.05) is 30.3 Å². The maximum absolute atomic E-state index is 12.7. The number of ether oxygens (including phenoxy) is 1. The second kappa shape index (κ2) is 8.85. The molecule has 1 aliphatic heterocycles. The Morgan fingerprint density at radius 2 is 2.15 bits per heavy atom. The van der Waals surface area contributed by atoms with E-state index in [1.54, 1.807) is 12.0 Å². The van der Waals surface area contributed by atoms with Gasteiger partial charge in [-0.1, -0.05) is 42.1 Å². The molecular weight excluding hydrogens is 388 g/mol. The number of benzene rings is 1. The van der Waals surface area contributed by atoms with Crippen molar-refractivity contribution in [2.75, 3.05) is 37.5 Å². The molecule has 0 unspecified atom stereocenters. The van der Waals surface area contributed by atoms with Gasteiger partial charge in [-0.3, -0.25) is 9.89 Å². The molecule has 10 heteroatoms. The molecule has 0 saturated carbocycles. The van der Waals surface area contributed by atoms with Crippen LogP contribution in [0.25, 0.3) is 11.4 Å². The molecular formula is C17H22N4O4S2. The summed E-state index contributed by atoms with van der Waals surface area (Å²) >= 11 is 1.23. The lowest BCUT2D eigenvalue weighted by molar-refractivity contribution is -0.130. The number of nitrogens with zero attached hydrogens (tertiary/aromatic N) is 3. The molecule has 8 nitrogen and oxygen atoms in total. The number of methoxy groups -OCH3 is 1. The van der Waals surface area contributed by atoms with Crippen molar-refractivity contribution in [3.8, 4) is 11.4 Å². The van der Waals surface area contributed by atoms with E-state index in [1.165, 1.54) is 11.8 Å². The van der Waals surface area contributed by atoms with Crippen molar-refractivity contribution in [1.29, 1.82) is 0 Å². The minimum absolute atomic E-state index is 0.0198. The van der Waals surface area contributed by atoms with Gasteiger partial charge in [0.15, 0.2) is 15.7 Å². The summed E-state index contributed by atoms with van der Waals surface area (Å²) in [6.45, 7) is 0.741. The third-order valence-corrected chi connectivity index (χ3v) is 6.93. The van der Waals surface area contributed by atoms with Crippen molar-refractivity contribution in [2.24, 2.45) is 0 Å². The van der Waals surface area contributed by atoms with Crippen LogP contribution in [0, 0.1) is 0 Å². The Morgan fingerprint density at radius 1 is 1.37 bits per heavy atom. The summed E-state index contributed by atoms with van der Waals surface area (Å²) in [5.41, 5.74) is 0.918. The third-order valence-electron chi connectivity index (χ3n) is 4.34. The van der Waals surface area contributed by atoms with Crippen LogP contribution in [-0.4, -0.2) is 78.0 Å². The second-order valence-corrected chi connectivity index (χ2v) is 9.43. The number of hydrogen-bond donors (Lipinski definition) is 1. The van der Waals surface area contributed by atoms with Gasteiger partial charge in [0.05, 0.1) is 23.9 Å². The molecule has 0 aliphatic carbocycles. The number of hydrogen-bond acceptors (Lipinski definition) is 7. The zero-order chi connectivity index (χ0) is 19.3. The average molecular weight is 411 g/mol. The molecule has 1 aromatic heterocycles. The number of amides is 1. The zero-order valence-electron chi connectivity index (χ0n) is 15.0. The normalized spacial score (nSPS) is 18.5. The SMILES string of the molecule is COCCN(C(=O)CSc1n[nH]c(-c2ccccc2)n1)[C@H]1CCS(=O)(=O)C1. The highest BCUT2D eigenvalue weighted by Crippen LogP contribution is 2.22. The lowest BCUT2D eigenvalue weighted by Gasteiger charge is -2.27. The summed E-state index contributed by atoms with van der Waals surface area (Å²) in [6.07, 6.45) is 0.473. The van der Waals surface area contributed by atoms with Gasteiger partial charge in [-0.2, -0.15) is 0 Å². The fourth-order valence-corrected chi connectivity index (χ4v) is 5.38. The first-order chi connectivity index (χ1) is 13.0. The summed E-state index contributed by atoms with van der Waals surface area (Å²) in [5.74, 6) is 0.801. The first-order valence-electron chi connectivity index (χ1n) is 8.58. The Hall–Kier alpha value is -1.91. The second-order valence-electron chi connectivity index (χ2n) is 6.26. The number of rotatable bonds is 8. The van der Waals surface area contributed by atoms with Gasteiger partial charge in [-0.05, 0) is 6.42 Å². The highest BCUT2D eigenvalue weighted by atomic mass is 32.2. The van der Waals surface area contributed by atoms with E-state index < -0.39 is 9.84 Å². The summed E-state index contributed by atoms with van der Waals surface area (Å²) in [7, 11) is -1.51. The molecule has 2 heterocycles. The van der Waals surface area contributed by atoms with Gasteiger partial charge in [0.1, 0.15) is 0 Å². The predicted octanol–water partition coefficient (Wildman–Crippen LogP) is 1.23. The van der Waals surface area contributed by atoms with Crippen molar-refractivity contribution in [2.45, 2.75) is 17.6 Å². The van der Waals surface area contributed by atoms with E-state index in [9.17, 15) is 13.2 Å². The van der Waals surface area contributed by atoms with Crippen LogP contribution in [0.4, 0.5) is 0 Å². The Balaban J connectivity index is 1.61. The molecule has 1 atom stereocenters. The molecule has 1 N–H and O–H groups in total. The fourth-order valence-electron chi connectivity index (χ4n) is 2.97. The summed E-state index contributed by atoms with van der Waals surface area (Å²) in [6, 6.07) is 9.31. The quantitative estimate of drug-likeness (QED) is 0.653. The van der Waals surface area contributed by atoms with Crippen molar-refractivity contribution in [3.63, 3.8) is 0 Å². The molecule has 0 spiro atoms. The predicted molar refractivity (Wildman–Crippen MR) is 103 cm³/mol. The van der Waals surface area contributed by atoms with Crippen LogP contribution in [0.1, 0.15) is 6.42 Å². The Labute approximate surface area is 162 Å². The van der Waals surface area contributed by atoms with Gasteiger partial charge in [-0.15, -0.1) is 5.10 Å². The molecule has 1 fully saturated rings. The number of carbonyl (C=O) groups excluding carboxylic acids is 1. The Bertz CT molecular complexity index is 870. The van der Waals surface area contributed by atoms with Crippen molar-refractivity contribution in [1.82, 2.24) is 20.1 Å². The van der Waals surface area contributed by atoms with Crippen LogP contribution in [0.3, 0.4) is 0 Å². The minimum Gasteiger partial charge on any atom is -0.383 e. The van der Waals surface area contributed by atoms with Crippen LogP contribution < -0.4 is 0 Å². The molecule has 1 amide bonds. The van der Waals surface area contributed by atoms with Crippen LogP contribution in [0.5, 0.6) is 0 Å². The van der Waals surface area contributed by atoms with Crippen LogP contribution in [0.2, 0.25) is 0 Å². The first-order valence-corrected chi connectivity index (χ1v) is 11.4.